The van der Waals surface area contributed by atoms with Gasteiger partial charge in [-0.2, -0.15) is 0 Å². The second-order valence-corrected chi connectivity index (χ2v) is 5.50. The van der Waals surface area contributed by atoms with E-state index in [2.05, 4.69) is 46.6 Å². The van der Waals surface area contributed by atoms with Crippen molar-refractivity contribution >= 4 is 17.2 Å². The summed E-state index contributed by atoms with van der Waals surface area (Å²) >= 11 is 1.76. The summed E-state index contributed by atoms with van der Waals surface area (Å²) < 4.78 is 5.87. The average molecular weight is 291 g/mol. The Bertz CT molecular complexity index is 514. The van der Waals surface area contributed by atoms with Crippen LogP contribution in [0.25, 0.3) is 0 Å². The molecule has 0 saturated carbocycles. The fourth-order valence-electron chi connectivity index (χ4n) is 2.02. The van der Waals surface area contributed by atoms with Crippen molar-refractivity contribution in [3.05, 3.63) is 34.3 Å². The van der Waals surface area contributed by atoms with Crippen LogP contribution in [0.3, 0.4) is 0 Å². The fourth-order valence-corrected chi connectivity index (χ4v) is 2.71. The van der Waals surface area contributed by atoms with Crippen LogP contribution in [0.2, 0.25) is 0 Å². The van der Waals surface area contributed by atoms with E-state index < -0.39 is 0 Å². The van der Waals surface area contributed by atoms with Gasteiger partial charge in [-0.3, -0.25) is 0 Å². The van der Waals surface area contributed by atoms with E-state index in [0.717, 1.165) is 37.2 Å². The van der Waals surface area contributed by atoms with Crippen molar-refractivity contribution in [2.24, 2.45) is 0 Å². The fraction of sp³-hybridized carbons (Fsp3) is 0.467. The van der Waals surface area contributed by atoms with Gasteiger partial charge in [0.1, 0.15) is 12.1 Å². The monoisotopic (exact) mass is 291 g/mol. The molecule has 108 valence electrons. The van der Waals surface area contributed by atoms with E-state index in [1.807, 2.05) is 0 Å². The van der Waals surface area contributed by atoms with Crippen molar-refractivity contribution in [3.63, 3.8) is 0 Å². The summed E-state index contributed by atoms with van der Waals surface area (Å²) in [4.78, 5) is 9.93. The van der Waals surface area contributed by atoms with Crippen molar-refractivity contribution in [1.29, 1.82) is 0 Å². The second kappa shape index (κ2) is 7.85. The summed E-state index contributed by atoms with van der Waals surface area (Å²) in [5, 5.41) is 5.37. The normalized spacial score (nSPS) is 10.5. The lowest BCUT2D eigenvalue weighted by Crippen LogP contribution is -2.09. The van der Waals surface area contributed by atoms with Crippen molar-refractivity contribution in [3.8, 4) is 5.88 Å². The number of hydrogen-bond donors (Lipinski definition) is 1. The molecule has 0 aliphatic carbocycles. The van der Waals surface area contributed by atoms with Crippen molar-refractivity contribution in [1.82, 2.24) is 9.97 Å². The molecular weight excluding hydrogens is 270 g/mol. The summed E-state index contributed by atoms with van der Waals surface area (Å²) in [7, 11) is 0. The van der Waals surface area contributed by atoms with Gasteiger partial charge in [0.05, 0.1) is 12.2 Å². The standard InChI is InChI=1S/C15H21N3OS/c1-3-6-13-14(16-4-2)17-11-18-15(13)19-9-8-12-7-5-10-20-12/h5,7,10-11H,3-4,6,8-9H2,1-2H3,(H,16,17,18). The topological polar surface area (TPSA) is 47.0 Å². The zero-order valence-electron chi connectivity index (χ0n) is 12.1. The molecule has 0 fully saturated rings. The molecule has 0 aliphatic rings. The Labute approximate surface area is 124 Å². The first-order valence-electron chi connectivity index (χ1n) is 7.08. The van der Waals surface area contributed by atoms with Gasteiger partial charge in [0.25, 0.3) is 0 Å². The summed E-state index contributed by atoms with van der Waals surface area (Å²) in [6, 6.07) is 4.20. The Morgan fingerprint density at radius 1 is 1.25 bits per heavy atom. The maximum absolute atomic E-state index is 5.87. The van der Waals surface area contributed by atoms with Gasteiger partial charge in [0.2, 0.25) is 5.88 Å². The van der Waals surface area contributed by atoms with E-state index in [1.165, 1.54) is 4.88 Å². The molecule has 2 heterocycles. The Hall–Kier alpha value is -1.62. The first kappa shape index (κ1) is 14.8. The Balaban J connectivity index is 2.03. The number of aromatic nitrogens is 2. The van der Waals surface area contributed by atoms with Crippen LogP contribution < -0.4 is 10.1 Å². The summed E-state index contributed by atoms with van der Waals surface area (Å²) in [6.45, 7) is 5.72. The molecule has 0 saturated heterocycles. The number of nitrogens with one attached hydrogen (secondary N) is 1. The van der Waals surface area contributed by atoms with Crippen molar-refractivity contribution in [2.45, 2.75) is 33.1 Å². The third kappa shape index (κ3) is 3.93. The first-order valence-corrected chi connectivity index (χ1v) is 7.96. The highest BCUT2D eigenvalue weighted by Gasteiger charge is 2.11. The third-order valence-corrected chi connectivity index (χ3v) is 3.85. The molecule has 2 rings (SSSR count). The summed E-state index contributed by atoms with van der Waals surface area (Å²) in [5.41, 5.74) is 1.09. The van der Waals surface area contributed by atoms with Gasteiger partial charge in [0.15, 0.2) is 0 Å². The molecule has 0 radical (unpaired) electrons. The number of anilines is 1. The Kier molecular flexibility index (Phi) is 5.80. The predicted octanol–water partition coefficient (Wildman–Crippen LogP) is 3.54. The number of nitrogens with zero attached hydrogens (tertiary/aromatic N) is 2. The van der Waals surface area contributed by atoms with Gasteiger partial charge >= 0.3 is 0 Å². The molecule has 0 unspecified atom stereocenters. The van der Waals surface area contributed by atoms with Crippen LogP contribution in [0, 0.1) is 0 Å². The lowest BCUT2D eigenvalue weighted by Gasteiger charge is -2.13. The minimum atomic E-state index is 0.653. The number of ether oxygens (including phenoxy) is 1. The molecule has 2 aromatic heterocycles. The minimum absolute atomic E-state index is 0.653. The SMILES string of the molecule is CCCc1c(NCC)ncnc1OCCc1cccs1. The van der Waals surface area contributed by atoms with Gasteiger partial charge in [-0.25, -0.2) is 9.97 Å². The maximum atomic E-state index is 5.87. The molecule has 0 spiro atoms. The third-order valence-electron chi connectivity index (χ3n) is 2.92. The van der Waals surface area contributed by atoms with Crippen LogP contribution in [-0.4, -0.2) is 23.1 Å². The Morgan fingerprint density at radius 2 is 2.15 bits per heavy atom. The van der Waals surface area contributed by atoms with Crippen LogP contribution in [0.15, 0.2) is 23.8 Å². The lowest BCUT2D eigenvalue weighted by molar-refractivity contribution is 0.306. The van der Waals surface area contributed by atoms with Crippen LogP contribution in [0.1, 0.15) is 30.7 Å². The highest BCUT2D eigenvalue weighted by atomic mass is 32.1. The quantitative estimate of drug-likeness (QED) is 0.808. The second-order valence-electron chi connectivity index (χ2n) is 4.46. The van der Waals surface area contributed by atoms with E-state index in [1.54, 1.807) is 17.7 Å². The number of hydrogen-bond acceptors (Lipinski definition) is 5. The molecule has 4 nitrogen and oxygen atoms in total. The molecule has 0 bridgehead atoms. The van der Waals surface area contributed by atoms with Gasteiger partial charge < -0.3 is 10.1 Å². The summed E-state index contributed by atoms with van der Waals surface area (Å²) in [5.74, 6) is 1.62. The minimum Gasteiger partial charge on any atom is -0.477 e. The molecule has 2 aromatic rings. The van der Waals surface area contributed by atoms with Crippen molar-refractivity contribution < 1.29 is 4.74 Å². The summed E-state index contributed by atoms with van der Waals surface area (Å²) in [6.07, 6.45) is 4.46. The van der Waals surface area contributed by atoms with Gasteiger partial charge in [-0.05, 0) is 24.8 Å². The lowest BCUT2D eigenvalue weighted by atomic mass is 10.1. The molecule has 0 aliphatic heterocycles. The highest BCUT2D eigenvalue weighted by molar-refractivity contribution is 7.09. The molecule has 20 heavy (non-hydrogen) atoms. The van der Waals surface area contributed by atoms with Gasteiger partial charge in [-0.1, -0.05) is 19.4 Å². The van der Waals surface area contributed by atoms with Crippen LogP contribution in [0.5, 0.6) is 5.88 Å². The van der Waals surface area contributed by atoms with Crippen LogP contribution in [-0.2, 0) is 12.8 Å². The first-order chi connectivity index (χ1) is 9.85. The molecule has 1 N–H and O–H groups in total. The van der Waals surface area contributed by atoms with E-state index in [0.29, 0.717) is 12.5 Å². The zero-order chi connectivity index (χ0) is 14.2. The van der Waals surface area contributed by atoms with E-state index >= 15 is 0 Å². The van der Waals surface area contributed by atoms with Crippen LogP contribution >= 0.6 is 11.3 Å². The smallest absolute Gasteiger partial charge is 0.221 e. The molecular formula is C15H21N3OS. The largest absolute Gasteiger partial charge is 0.477 e. The van der Waals surface area contributed by atoms with E-state index in [4.69, 9.17) is 4.74 Å². The van der Waals surface area contributed by atoms with Crippen molar-refractivity contribution in [2.75, 3.05) is 18.5 Å². The average Bonchev–Trinajstić information content (AvgIpc) is 2.96. The number of rotatable bonds is 8. The van der Waals surface area contributed by atoms with Crippen LogP contribution in [0.4, 0.5) is 5.82 Å². The van der Waals surface area contributed by atoms with E-state index in [9.17, 15) is 0 Å². The maximum Gasteiger partial charge on any atom is 0.221 e. The molecule has 5 heteroatoms. The molecule has 0 amide bonds. The van der Waals surface area contributed by atoms with Gasteiger partial charge in [-0.15, -0.1) is 11.3 Å². The number of thiophene rings is 1. The molecule has 0 aromatic carbocycles. The zero-order valence-corrected chi connectivity index (χ0v) is 12.9. The van der Waals surface area contributed by atoms with Gasteiger partial charge in [0, 0.05) is 17.8 Å². The van der Waals surface area contributed by atoms with E-state index in [-0.39, 0.29) is 0 Å². The Morgan fingerprint density at radius 3 is 2.85 bits per heavy atom. The predicted molar refractivity (Wildman–Crippen MR) is 83.7 cm³/mol. The molecule has 0 atom stereocenters. The highest BCUT2D eigenvalue weighted by Crippen LogP contribution is 2.23.